The molecule has 3 nitrogen and oxygen atoms in total. The minimum absolute atomic E-state index is 0.278. The predicted molar refractivity (Wildman–Crippen MR) is 143 cm³/mol. The van der Waals surface area contributed by atoms with Crippen LogP contribution >= 0.6 is 7.05 Å². The molecule has 0 aliphatic carbocycles. The van der Waals surface area contributed by atoms with Gasteiger partial charge in [-0.15, -0.1) is 0 Å². The number of nitrogens with zero attached hydrogens (tertiary/aromatic N) is 1. The van der Waals surface area contributed by atoms with Crippen molar-refractivity contribution in [1.29, 1.82) is 0 Å². The highest BCUT2D eigenvalue weighted by Crippen LogP contribution is 2.47. The van der Waals surface area contributed by atoms with Crippen molar-refractivity contribution in [3.63, 3.8) is 0 Å². The van der Waals surface area contributed by atoms with Crippen LogP contribution in [-0.2, 0) is 16.0 Å². The summed E-state index contributed by atoms with van der Waals surface area (Å²) in [7, 11) is -2.43. The molecule has 34 heavy (non-hydrogen) atoms. The van der Waals surface area contributed by atoms with Crippen molar-refractivity contribution in [3.05, 3.63) is 127 Å². The summed E-state index contributed by atoms with van der Waals surface area (Å²) >= 11 is 0. The lowest BCUT2D eigenvalue weighted by atomic mass is 10.1. The fraction of sp³-hybridized carbons (Fsp3) is 0.167. The van der Waals surface area contributed by atoms with Gasteiger partial charge in [0.25, 0.3) is 0 Å². The summed E-state index contributed by atoms with van der Waals surface area (Å²) in [5.74, 6) is -0.278. The van der Waals surface area contributed by atoms with Crippen molar-refractivity contribution < 1.29 is 9.53 Å². The summed E-state index contributed by atoms with van der Waals surface area (Å²) in [6.07, 6.45) is 1.67. The molecular weight excluding hydrogens is 437 g/mol. The zero-order valence-electron chi connectivity index (χ0n) is 19.5. The Morgan fingerprint density at radius 2 is 1.12 bits per heavy atom. The molecule has 0 saturated heterocycles. The van der Waals surface area contributed by atoms with Crippen molar-refractivity contribution in [3.8, 4) is 0 Å². The fourth-order valence-electron chi connectivity index (χ4n) is 4.10. The highest BCUT2D eigenvalue weighted by Gasteiger charge is 2.29. The normalized spacial score (nSPS) is 12.0. The summed E-state index contributed by atoms with van der Waals surface area (Å²) in [4.78, 5) is 13.0. The molecule has 0 aromatic heterocycles. The third-order valence-electron chi connectivity index (χ3n) is 5.77. The molecule has 4 rings (SSSR count). The first-order valence-electron chi connectivity index (χ1n) is 11.7. The van der Waals surface area contributed by atoms with Crippen molar-refractivity contribution >= 4 is 28.9 Å². The summed E-state index contributed by atoms with van der Waals surface area (Å²) in [6.45, 7) is 2.24. The molecule has 4 heteroatoms. The quantitative estimate of drug-likeness (QED) is 0.179. The maximum absolute atomic E-state index is 13.0. The van der Waals surface area contributed by atoms with E-state index in [0.717, 1.165) is 28.8 Å². The van der Waals surface area contributed by atoms with Gasteiger partial charge >= 0.3 is 5.97 Å². The van der Waals surface area contributed by atoms with E-state index in [-0.39, 0.29) is 5.97 Å². The van der Waals surface area contributed by atoms with Crippen LogP contribution in [0, 0.1) is 0 Å². The molecule has 0 saturated carbocycles. The van der Waals surface area contributed by atoms with Crippen LogP contribution in [0.25, 0.3) is 0 Å². The molecule has 0 bridgehead atoms. The summed E-state index contributed by atoms with van der Waals surface area (Å²) in [5, 5.41) is 3.36. The Labute approximate surface area is 202 Å². The van der Waals surface area contributed by atoms with Crippen LogP contribution in [0.15, 0.2) is 126 Å². The van der Waals surface area contributed by atoms with Crippen molar-refractivity contribution in [2.75, 3.05) is 6.61 Å². The number of rotatable bonds is 9. The highest BCUT2D eigenvalue weighted by molar-refractivity contribution is 7.87. The maximum atomic E-state index is 13.0. The Morgan fingerprint density at radius 3 is 1.56 bits per heavy atom. The van der Waals surface area contributed by atoms with Crippen molar-refractivity contribution in [2.24, 2.45) is 4.74 Å². The summed E-state index contributed by atoms with van der Waals surface area (Å²) in [5.41, 5.74) is 1.25. The Bertz CT molecular complexity index is 1120. The van der Waals surface area contributed by atoms with Gasteiger partial charge in [-0.2, -0.15) is 0 Å². The third-order valence-corrected chi connectivity index (χ3v) is 9.60. The number of aryl methyl sites for hydroxylation is 1. The number of carbonyl (C=O) groups is 1. The molecule has 0 amide bonds. The monoisotopic (exact) mass is 467 g/mol. The number of esters is 1. The molecule has 0 fully saturated rings. The molecule has 172 valence electrons. The average Bonchev–Trinajstić information content (AvgIpc) is 2.91. The van der Waals surface area contributed by atoms with Gasteiger partial charge in [-0.3, -0.25) is 4.74 Å². The van der Waals surface area contributed by atoms with Gasteiger partial charge in [0.15, 0.2) is 0 Å². The van der Waals surface area contributed by atoms with E-state index in [1.165, 1.54) is 5.56 Å². The van der Waals surface area contributed by atoms with E-state index < -0.39 is 13.1 Å². The molecule has 0 radical (unpaired) electrons. The van der Waals surface area contributed by atoms with Crippen LogP contribution < -0.4 is 15.9 Å². The van der Waals surface area contributed by atoms with Gasteiger partial charge in [0.1, 0.15) is 6.04 Å². The smallest absolute Gasteiger partial charge is 0.330 e. The van der Waals surface area contributed by atoms with Gasteiger partial charge < -0.3 is 4.74 Å². The van der Waals surface area contributed by atoms with Crippen LogP contribution in [-0.4, -0.2) is 18.6 Å². The lowest BCUT2D eigenvalue weighted by Crippen LogP contribution is -2.28. The first-order chi connectivity index (χ1) is 16.7. The molecule has 0 heterocycles. The van der Waals surface area contributed by atoms with Crippen LogP contribution in [0.3, 0.4) is 0 Å². The van der Waals surface area contributed by atoms with Crippen molar-refractivity contribution in [2.45, 2.75) is 25.8 Å². The molecule has 0 spiro atoms. The Hall–Kier alpha value is -3.42. The topological polar surface area (TPSA) is 38.7 Å². The average molecular weight is 468 g/mol. The fourth-order valence-corrected chi connectivity index (χ4v) is 7.82. The van der Waals surface area contributed by atoms with Crippen LogP contribution in [0.1, 0.15) is 18.9 Å². The second-order valence-corrected chi connectivity index (χ2v) is 11.2. The number of carbonyl (C=O) groups excluding carboxylic acids is 1. The van der Waals surface area contributed by atoms with E-state index in [0.29, 0.717) is 6.61 Å². The number of hydrogen-bond donors (Lipinski definition) is 0. The van der Waals surface area contributed by atoms with Gasteiger partial charge in [-0.25, -0.2) is 4.79 Å². The van der Waals surface area contributed by atoms with Gasteiger partial charge in [0, 0.05) is 15.9 Å². The lowest BCUT2D eigenvalue weighted by molar-refractivity contribution is -0.144. The van der Waals surface area contributed by atoms with Gasteiger partial charge in [-0.1, -0.05) is 121 Å². The number of ether oxygens (including phenoxy) is 1. The molecular formula is C30H30NO2P. The molecule has 0 N–H and O–H groups in total. The molecule has 1 unspecified atom stereocenters. The number of hydrogen-bond acceptors (Lipinski definition) is 3. The zero-order chi connectivity index (χ0) is 23.6. The van der Waals surface area contributed by atoms with E-state index >= 15 is 0 Å². The van der Waals surface area contributed by atoms with E-state index in [1.807, 2.05) is 79.7 Å². The second-order valence-electron chi connectivity index (χ2n) is 8.19. The van der Waals surface area contributed by atoms with Crippen molar-refractivity contribution in [1.82, 2.24) is 0 Å². The molecule has 0 aliphatic rings. The molecule has 1 atom stereocenters. The van der Waals surface area contributed by atoms with E-state index in [9.17, 15) is 4.79 Å². The SMILES string of the molecule is CC(N=P(c1ccccc1)(c1ccccc1)c1ccccc1)C(=O)OCCCc1ccccc1. The van der Waals surface area contributed by atoms with E-state index in [1.54, 1.807) is 0 Å². The standard InChI is InChI=1S/C30H30NO2P/c1-25(30(32)33-24-14-17-26-15-6-2-7-16-26)31-34(27-18-8-3-9-19-27,28-20-10-4-11-21-28)29-22-12-5-13-23-29/h2-13,15-16,18-23,25H,14,17,24H2,1H3. The van der Waals surface area contributed by atoms with E-state index in [2.05, 4.69) is 48.5 Å². The van der Waals surface area contributed by atoms with Crippen LogP contribution in [0.2, 0.25) is 0 Å². The Balaban J connectivity index is 1.66. The molecule has 0 aliphatic heterocycles. The maximum Gasteiger partial charge on any atom is 0.330 e. The summed E-state index contributed by atoms with van der Waals surface area (Å²) in [6, 6.07) is 40.7. The highest BCUT2D eigenvalue weighted by atomic mass is 31.2. The van der Waals surface area contributed by atoms with Gasteiger partial charge in [-0.05, 0) is 25.3 Å². The largest absolute Gasteiger partial charge is 0.464 e. The third kappa shape index (κ3) is 5.55. The predicted octanol–water partition coefficient (Wildman–Crippen LogP) is 5.73. The molecule has 4 aromatic carbocycles. The van der Waals surface area contributed by atoms with Gasteiger partial charge in [0.2, 0.25) is 0 Å². The Morgan fingerprint density at radius 1 is 0.706 bits per heavy atom. The lowest BCUT2D eigenvalue weighted by Gasteiger charge is -2.28. The van der Waals surface area contributed by atoms with E-state index in [4.69, 9.17) is 9.48 Å². The minimum atomic E-state index is -2.43. The number of benzene rings is 4. The zero-order valence-corrected chi connectivity index (χ0v) is 20.4. The van der Waals surface area contributed by atoms with Crippen LogP contribution in [0.4, 0.5) is 0 Å². The summed E-state index contributed by atoms with van der Waals surface area (Å²) < 4.78 is 11.0. The van der Waals surface area contributed by atoms with Gasteiger partial charge in [0.05, 0.1) is 13.7 Å². The Kier molecular flexibility index (Phi) is 8.12. The molecule has 4 aromatic rings. The second kappa shape index (κ2) is 11.6. The van der Waals surface area contributed by atoms with Crippen LogP contribution in [0.5, 0.6) is 0 Å². The first-order valence-corrected chi connectivity index (χ1v) is 13.4. The minimum Gasteiger partial charge on any atom is -0.464 e. The first kappa shape index (κ1) is 23.7.